The Labute approximate surface area is 171 Å². The van der Waals surface area contributed by atoms with Gasteiger partial charge in [0.25, 0.3) is 5.56 Å². The van der Waals surface area contributed by atoms with Crippen LogP contribution in [0.15, 0.2) is 29.1 Å². The Kier molecular flexibility index (Phi) is 5.29. The Hall–Kier alpha value is -1.96. The molecule has 4 rings (SSSR count). The summed E-state index contributed by atoms with van der Waals surface area (Å²) >= 11 is 1.07. The molecule has 5 nitrogen and oxygen atoms in total. The maximum atomic E-state index is 13.4. The van der Waals surface area contributed by atoms with E-state index in [-0.39, 0.29) is 41.2 Å². The van der Waals surface area contributed by atoms with Gasteiger partial charge in [-0.25, -0.2) is 0 Å². The molecule has 2 aliphatic rings. The summed E-state index contributed by atoms with van der Waals surface area (Å²) in [5, 5.41) is 13.0. The van der Waals surface area contributed by atoms with E-state index >= 15 is 0 Å². The number of anilines is 2. The standard InChI is InChI=1S/C18H17F3N4OS.H2S/c1-24(13-5-3-2-4-12(13)18(19,20)21)16-11(8-22)15(26)25(27-16)14-9-23-10-17(14)6-7-17;/h2-5,14,23H,6-7,9-10H2,1H3;1H2/t14-;/m1./s1. The van der Waals surface area contributed by atoms with Gasteiger partial charge in [0.15, 0.2) is 5.56 Å². The first-order valence-corrected chi connectivity index (χ1v) is 9.32. The fourth-order valence-electron chi connectivity index (χ4n) is 3.82. The first-order valence-electron chi connectivity index (χ1n) is 8.55. The molecule has 10 heteroatoms. The number of para-hydroxylation sites is 1. The molecule has 1 N–H and O–H groups in total. The third-order valence-electron chi connectivity index (χ3n) is 5.50. The van der Waals surface area contributed by atoms with Gasteiger partial charge in [0.05, 0.1) is 17.3 Å². The van der Waals surface area contributed by atoms with E-state index in [1.165, 1.54) is 30.1 Å². The highest BCUT2D eigenvalue weighted by molar-refractivity contribution is 7.59. The molecular weight excluding hydrogens is 409 g/mol. The van der Waals surface area contributed by atoms with E-state index in [9.17, 15) is 23.2 Å². The second kappa shape index (κ2) is 7.13. The number of rotatable bonds is 3. The zero-order valence-corrected chi connectivity index (χ0v) is 16.8. The molecule has 1 aliphatic heterocycles. The van der Waals surface area contributed by atoms with Crippen molar-refractivity contribution in [3.8, 4) is 6.07 Å². The van der Waals surface area contributed by atoms with Crippen molar-refractivity contribution in [2.45, 2.75) is 25.1 Å². The molecule has 1 aromatic carbocycles. The smallest absolute Gasteiger partial charge is 0.333 e. The molecule has 28 heavy (non-hydrogen) atoms. The summed E-state index contributed by atoms with van der Waals surface area (Å²) in [6.07, 6.45) is -2.50. The van der Waals surface area contributed by atoms with E-state index < -0.39 is 17.3 Å². The summed E-state index contributed by atoms with van der Waals surface area (Å²) in [4.78, 5) is 14.1. The summed E-state index contributed by atoms with van der Waals surface area (Å²) in [6, 6.07) is 7.01. The average Bonchev–Trinajstić information content (AvgIpc) is 3.17. The summed E-state index contributed by atoms with van der Waals surface area (Å²) in [5.41, 5.74) is -1.37. The van der Waals surface area contributed by atoms with Crippen LogP contribution in [0.4, 0.5) is 23.9 Å². The number of benzene rings is 1. The van der Waals surface area contributed by atoms with Crippen molar-refractivity contribution in [3.05, 3.63) is 45.7 Å². The van der Waals surface area contributed by atoms with Crippen LogP contribution in [0.25, 0.3) is 0 Å². The van der Waals surface area contributed by atoms with E-state index in [1.807, 2.05) is 6.07 Å². The van der Waals surface area contributed by atoms with Gasteiger partial charge in [-0.15, -0.1) is 0 Å². The zero-order chi connectivity index (χ0) is 19.4. The molecule has 150 valence electrons. The summed E-state index contributed by atoms with van der Waals surface area (Å²) in [7, 11) is 1.46. The van der Waals surface area contributed by atoms with Gasteiger partial charge in [-0.2, -0.15) is 31.9 Å². The van der Waals surface area contributed by atoms with Gasteiger partial charge in [-0.3, -0.25) is 8.75 Å². The first-order chi connectivity index (χ1) is 12.8. The van der Waals surface area contributed by atoms with Crippen molar-refractivity contribution >= 4 is 35.7 Å². The monoisotopic (exact) mass is 428 g/mol. The summed E-state index contributed by atoms with van der Waals surface area (Å²) < 4.78 is 41.7. The number of halogens is 3. The first kappa shape index (κ1) is 20.8. The van der Waals surface area contributed by atoms with Gasteiger partial charge in [0, 0.05) is 25.6 Å². The molecule has 2 fully saturated rings. The Morgan fingerprint density at radius 3 is 2.64 bits per heavy atom. The Bertz CT molecular complexity index is 988. The van der Waals surface area contributed by atoms with Crippen molar-refractivity contribution in [2.24, 2.45) is 5.41 Å². The lowest BCUT2D eigenvalue weighted by atomic mass is 10.0. The molecule has 1 aromatic heterocycles. The molecule has 1 atom stereocenters. The van der Waals surface area contributed by atoms with Crippen molar-refractivity contribution in [3.63, 3.8) is 0 Å². The molecule has 0 unspecified atom stereocenters. The van der Waals surface area contributed by atoms with Crippen molar-refractivity contribution in [1.29, 1.82) is 5.26 Å². The molecule has 1 saturated heterocycles. The van der Waals surface area contributed by atoms with Gasteiger partial charge in [-0.1, -0.05) is 12.1 Å². The summed E-state index contributed by atoms with van der Waals surface area (Å²) in [5.74, 6) is 0. The lowest BCUT2D eigenvalue weighted by molar-refractivity contribution is -0.137. The lowest BCUT2D eigenvalue weighted by Gasteiger charge is -2.22. The predicted molar refractivity (Wildman–Crippen MR) is 107 cm³/mol. The van der Waals surface area contributed by atoms with Crippen LogP contribution in [0, 0.1) is 16.7 Å². The molecule has 0 bridgehead atoms. The molecule has 2 heterocycles. The van der Waals surface area contributed by atoms with Crippen LogP contribution in [-0.4, -0.2) is 24.1 Å². The number of aromatic nitrogens is 1. The molecule has 0 radical (unpaired) electrons. The van der Waals surface area contributed by atoms with Gasteiger partial charge in [-0.05, 0) is 36.5 Å². The lowest BCUT2D eigenvalue weighted by Crippen LogP contribution is -2.26. The largest absolute Gasteiger partial charge is 0.418 e. The third kappa shape index (κ3) is 3.21. The zero-order valence-electron chi connectivity index (χ0n) is 15.0. The fraction of sp³-hybridized carbons (Fsp3) is 0.444. The fourth-order valence-corrected chi connectivity index (χ4v) is 5.05. The summed E-state index contributed by atoms with van der Waals surface area (Å²) in [6.45, 7) is 1.46. The second-order valence-corrected chi connectivity index (χ2v) is 8.06. The molecular formula is C18H19F3N4OS2. The van der Waals surface area contributed by atoms with E-state index in [2.05, 4.69) is 5.32 Å². The van der Waals surface area contributed by atoms with Gasteiger partial charge >= 0.3 is 6.18 Å². The minimum absolute atomic E-state index is 0. The highest BCUT2D eigenvalue weighted by Crippen LogP contribution is 2.56. The van der Waals surface area contributed by atoms with E-state index in [4.69, 9.17) is 0 Å². The van der Waals surface area contributed by atoms with Crippen LogP contribution in [-0.2, 0) is 6.18 Å². The van der Waals surface area contributed by atoms with E-state index in [1.54, 1.807) is 3.96 Å². The maximum absolute atomic E-state index is 13.4. The van der Waals surface area contributed by atoms with E-state index in [0.717, 1.165) is 37.0 Å². The van der Waals surface area contributed by atoms with Crippen molar-refractivity contribution in [2.75, 3.05) is 25.0 Å². The molecule has 1 aliphatic carbocycles. The van der Waals surface area contributed by atoms with Crippen LogP contribution in [0.5, 0.6) is 0 Å². The minimum atomic E-state index is -4.53. The highest BCUT2D eigenvalue weighted by atomic mass is 32.1. The predicted octanol–water partition coefficient (Wildman–Crippen LogP) is 3.61. The Morgan fingerprint density at radius 2 is 2.04 bits per heavy atom. The van der Waals surface area contributed by atoms with Gasteiger partial charge < -0.3 is 10.2 Å². The van der Waals surface area contributed by atoms with Crippen LogP contribution >= 0.6 is 25.0 Å². The SMILES string of the molecule is CN(c1ccccc1C(F)(F)F)c1sn([C@@H]2CNCC23CC3)c(=O)c1C#N.S. The average molecular weight is 429 g/mol. The quantitative estimate of drug-likeness (QED) is 0.812. The molecule has 1 saturated carbocycles. The second-order valence-electron chi connectivity index (χ2n) is 7.10. The number of hydrogen-bond donors (Lipinski definition) is 1. The Balaban J connectivity index is 0.00000225. The number of alkyl halides is 3. The Morgan fingerprint density at radius 1 is 1.36 bits per heavy atom. The molecule has 2 aromatic rings. The molecule has 1 spiro atoms. The van der Waals surface area contributed by atoms with Crippen molar-refractivity contribution in [1.82, 2.24) is 9.27 Å². The third-order valence-corrected chi connectivity index (χ3v) is 6.76. The number of hydrogen-bond acceptors (Lipinski definition) is 5. The maximum Gasteiger partial charge on any atom is 0.418 e. The number of nitrogens with one attached hydrogen (secondary N) is 1. The van der Waals surface area contributed by atoms with Crippen molar-refractivity contribution < 1.29 is 13.2 Å². The van der Waals surface area contributed by atoms with Crippen LogP contribution in [0.1, 0.15) is 30.0 Å². The van der Waals surface area contributed by atoms with Crippen LogP contribution in [0.3, 0.4) is 0 Å². The topological polar surface area (TPSA) is 61.1 Å². The molecule has 0 amide bonds. The van der Waals surface area contributed by atoms with Gasteiger partial charge in [0.2, 0.25) is 0 Å². The van der Waals surface area contributed by atoms with Crippen LogP contribution in [0.2, 0.25) is 0 Å². The highest BCUT2D eigenvalue weighted by Gasteiger charge is 2.54. The van der Waals surface area contributed by atoms with Crippen LogP contribution < -0.4 is 15.8 Å². The minimum Gasteiger partial charge on any atom is -0.333 e. The number of nitrogens with zero attached hydrogens (tertiary/aromatic N) is 3. The van der Waals surface area contributed by atoms with E-state index in [0.29, 0.717) is 6.54 Å². The number of nitriles is 1. The van der Waals surface area contributed by atoms with Gasteiger partial charge in [0.1, 0.15) is 11.1 Å². The normalized spacial score (nSPS) is 19.9.